The van der Waals surface area contributed by atoms with Crippen LogP contribution in [0.3, 0.4) is 0 Å². The quantitative estimate of drug-likeness (QED) is 0.350. The second kappa shape index (κ2) is 11.8. The molecule has 0 heterocycles. The summed E-state index contributed by atoms with van der Waals surface area (Å²) in [5.41, 5.74) is 0. The SMILES string of the molecule is CCC(CC)CC[Si](C)(OC)O[Si](C)(CCC(CC)CC)OC. The monoisotopic (exact) mass is 362 g/mol. The maximum absolute atomic E-state index is 6.64. The molecule has 0 N–H and O–H groups in total. The summed E-state index contributed by atoms with van der Waals surface area (Å²) in [5, 5.41) is 0. The number of rotatable bonds is 14. The molecule has 0 aromatic heterocycles. The van der Waals surface area contributed by atoms with Gasteiger partial charge in [-0.05, 0) is 49.9 Å². The fraction of sp³-hybridized carbons (Fsp3) is 1.00. The van der Waals surface area contributed by atoms with Crippen molar-refractivity contribution >= 4 is 17.1 Å². The van der Waals surface area contributed by atoms with E-state index in [1.807, 2.05) is 14.2 Å². The van der Waals surface area contributed by atoms with E-state index in [-0.39, 0.29) is 0 Å². The van der Waals surface area contributed by atoms with Crippen molar-refractivity contribution in [2.24, 2.45) is 11.8 Å². The van der Waals surface area contributed by atoms with Crippen LogP contribution in [0.2, 0.25) is 25.2 Å². The summed E-state index contributed by atoms with van der Waals surface area (Å²) in [7, 11) is -0.614. The van der Waals surface area contributed by atoms with Gasteiger partial charge in [0.05, 0.1) is 0 Å². The highest BCUT2D eigenvalue weighted by atomic mass is 28.5. The molecule has 0 fully saturated rings. The van der Waals surface area contributed by atoms with Crippen LogP contribution in [0.15, 0.2) is 0 Å². The zero-order chi connectivity index (χ0) is 17.9. The maximum Gasteiger partial charge on any atom is 0.325 e. The number of hydrogen-bond acceptors (Lipinski definition) is 3. The third-order valence-corrected chi connectivity index (χ3v) is 13.2. The smallest absolute Gasteiger partial charge is 0.325 e. The molecule has 0 aliphatic rings. The first-order chi connectivity index (χ1) is 10.8. The summed E-state index contributed by atoms with van der Waals surface area (Å²) in [6.45, 7) is 13.6. The molecular formula is C18H42O3Si2. The Morgan fingerprint density at radius 3 is 1.17 bits per heavy atom. The maximum atomic E-state index is 6.64. The van der Waals surface area contributed by atoms with Gasteiger partial charge in [-0.25, -0.2) is 0 Å². The molecule has 0 aromatic carbocycles. The fourth-order valence-electron chi connectivity index (χ4n) is 3.17. The van der Waals surface area contributed by atoms with Gasteiger partial charge in [-0.2, -0.15) is 0 Å². The Bertz CT molecular complexity index is 268. The zero-order valence-electron chi connectivity index (χ0n) is 17.0. The molecule has 0 radical (unpaired) electrons. The lowest BCUT2D eigenvalue weighted by atomic mass is 10.0. The van der Waals surface area contributed by atoms with E-state index in [2.05, 4.69) is 40.8 Å². The molecular weight excluding hydrogens is 320 g/mol. The van der Waals surface area contributed by atoms with Crippen molar-refractivity contribution < 1.29 is 13.0 Å². The van der Waals surface area contributed by atoms with Crippen molar-refractivity contribution in [3.63, 3.8) is 0 Å². The molecule has 0 rings (SSSR count). The summed E-state index contributed by atoms with van der Waals surface area (Å²) in [6, 6.07) is 2.15. The van der Waals surface area contributed by atoms with Crippen LogP contribution in [0, 0.1) is 11.8 Å². The highest BCUT2D eigenvalue weighted by Crippen LogP contribution is 2.29. The lowest BCUT2D eigenvalue weighted by molar-refractivity contribution is 0.234. The first-order valence-electron chi connectivity index (χ1n) is 9.62. The minimum Gasteiger partial charge on any atom is -0.415 e. The van der Waals surface area contributed by atoms with Gasteiger partial charge >= 0.3 is 17.1 Å². The second-order valence-electron chi connectivity index (χ2n) is 7.22. The van der Waals surface area contributed by atoms with E-state index in [0.717, 1.165) is 23.9 Å². The summed E-state index contributed by atoms with van der Waals surface area (Å²) in [5.74, 6) is 1.58. The Labute approximate surface area is 148 Å². The molecule has 0 saturated carbocycles. The van der Waals surface area contributed by atoms with Crippen LogP contribution in [-0.2, 0) is 13.0 Å². The summed E-state index contributed by atoms with van der Waals surface area (Å²) in [6.07, 6.45) is 7.42. The van der Waals surface area contributed by atoms with Crippen LogP contribution in [0.1, 0.15) is 66.2 Å². The third kappa shape index (κ3) is 8.82. The standard InChI is InChI=1S/C18H42O3Si2/c1-9-17(10-2)13-15-22(7,19-5)21-23(8,20-6)16-14-18(11-3)12-4/h17-18H,9-16H2,1-8H3. The van der Waals surface area contributed by atoms with Crippen LogP contribution < -0.4 is 0 Å². The Kier molecular flexibility index (Phi) is 12.0. The molecule has 140 valence electrons. The minimum atomic E-state index is -2.13. The molecule has 0 spiro atoms. The predicted octanol–water partition coefficient (Wildman–Crippen LogP) is 6.09. The van der Waals surface area contributed by atoms with E-state index in [1.54, 1.807) is 0 Å². The average Bonchev–Trinajstić information content (AvgIpc) is 2.56. The van der Waals surface area contributed by atoms with Crippen LogP contribution >= 0.6 is 0 Å². The molecule has 0 saturated heterocycles. The average molecular weight is 363 g/mol. The normalized spacial score (nSPS) is 17.5. The Morgan fingerprint density at radius 2 is 0.957 bits per heavy atom. The van der Waals surface area contributed by atoms with Crippen LogP contribution in [-0.4, -0.2) is 31.3 Å². The van der Waals surface area contributed by atoms with Crippen molar-refractivity contribution in [1.29, 1.82) is 0 Å². The molecule has 3 nitrogen and oxygen atoms in total. The topological polar surface area (TPSA) is 27.7 Å². The van der Waals surface area contributed by atoms with Gasteiger partial charge in [0.25, 0.3) is 0 Å². The van der Waals surface area contributed by atoms with Gasteiger partial charge in [0.15, 0.2) is 0 Å². The lowest BCUT2D eigenvalue weighted by Gasteiger charge is -2.36. The summed E-state index contributed by atoms with van der Waals surface area (Å²) < 4.78 is 18.4. The van der Waals surface area contributed by atoms with E-state index < -0.39 is 17.1 Å². The van der Waals surface area contributed by atoms with E-state index >= 15 is 0 Å². The largest absolute Gasteiger partial charge is 0.415 e. The fourth-order valence-corrected chi connectivity index (χ4v) is 10.6. The first-order valence-corrected chi connectivity index (χ1v) is 14.7. The van der Waals surface area contributed by atoms with Gasteiger partial charge in [-0.15, -0.1) is 0 Å². The van der Waals surface area contributed by atoms with Crippen LogP contribution in [0.4, 0.5) is 0 Å². The molecule has 0 aliphatic heterocycles. The van der Waals surface area contributed by atoms with Gasteiger partial charge < -0.3 is 13.0 Å². The third-order valence-electron chi connectivity index (χ3n) is 5.62. The Morgan fingerprint density at radius 1 is 0.652 bits per heavy atom. The Balaban J connectivity index is 4.73. The zero-order valence-corrected chi connectivity index (χ0v) is 19.0. The van der Waals surface area contributed by atoms with E-state index in [1.165, 1.54) is 38.5 Å². The summed E-state index contributed by atoms with van der Waals surface area (Å²) >= 11 is 0. The highest BCUT2D eigenvalue weighted by Gasteiger charge is 2.42. The molecule has 2 unspecified atom stereocenters. The van der Waals surface area contributed by atoms with E-state index in [9.17, 15) is 0 Å². The van der Waals surface area contributed by atoms with E-state index in [4.69, 9.17) is 13.0 Å². The molecule has 2 atom stereocenters. The molecule has 0 amide bonds. The highest BCUT2D eigenvalue weighted by molar-refractivity contribution is 6.80. The molecule has 23 heavy (non-hydrogen) atoms. The van der Waals surface area contributed by atoms with Crippen LogP contribution in [0.25, 0.3) is 0 Å². The van der Waals surface area contributed by atoms with Crippen molar-refractivity contribution in [2.45, 2.75) is 91.4 Å². The summed E-state index contributed by atoms with van der Waals surface area (Å²) in [4.78, 5) is 0. The molecule has 5 heteroatoms. The van der Waals surface area contributed by atoms with Crippen molar-refractivity contribution in [1.82, 2.24) is 0 Å². The second-order valence-corrected chi connectivity index (χ2v) is 14.4. The van der Waals surface area contributed by atoms with E-state index in [0.29, 0.717) is 0 Å². The van der Waals surface area contributed by atoms with Crippen molar-refractivity contribution in [3.05, 3.63) is 0 Å². The van der Waals surface area contributed by atoms with Gasteiger partial charge in [-0.3, -0.25) is 0 Å². The van der Waals surface area contributed by atoms with Crippen molar-refractivity contribution in [3.8, 4) is 0 Å². The molecule has 0 aliphatic carbocycles. The molecule has 0 bridgehead atoms. The lowest BCUT2D eigenvalue weighted by Crippen LogP contribution is -2.51. The van der Waals surface area contributed by atoms with Gasteiger partial charge in [0.1, 0.15) is 0 Å². The Hall–Kier alpha value is 0.314. The van der Waals surface area contributed by atoms with Gasteiger partial charge in [0, 0.05) is 14.2 Å². The predicted molar refractivity (Wildman–Crippen MR) is 105 cm³/mol. The first kappa shape index (κ1) is 23.3. The number of hydrogen-bond donors (Lipinski definition) is 0. The van der Waals surface area contributed by atoms with Gasteiger partial charge in [0.2, 0.25) is 0 Å². The van der Waals surface area contributed by atoms with Crippen molar-refractivity contribution in [2.75, 3.05) is 14.2 Å². The molecule has 0 aromatic rings. The van der Waals surface area contributed by atoms with Gasteiger partial charge in [-0.1, -0.05) is 53.4 Å². The van der Waals surface area contributed by atoms with Crippen LogP contribution in [0.5, 0.6) is 0 Å². The minimum absolute atomic E-state index is 0.792.